The summed E-state index contributed by atoms with van der Waals surface area (Å²) in [6.45, 7) is 8.36. The highest BCUT2D eigenvalue weighted by atomic mass is 35.5. The van der Waals surface area contributed by atoms with Crippen LogP contribution in [0.15, 0.2) is 40.7 Å². The molecule has 0 bridgehead atoms. The van der Waals surface area contributed by atoms with E-state index in [1.54, 1.807) is 16.8 Å². The molecule has 1 saturated heterocycles. The maximum absolute atomic E-state index is 13.0. The number of carbonyl (C=O) groups excluding carboxylic acids is 1. The highest BCUT2D eigenvalue weighted by Crippen LogP contribution is 2.33. The molecule has 1 aromatic rings. The van der Waals surface area contributed by atoms with Gasteiger partial charge in [0.25, 0.3) is 0 Å². The Bertz CT molecular complexity index is 917. The first-order chi connectivity index (χ1) is 16.3. The molecule has 7 heteroatoms. The van der Waals surface area contributed by atoms with Crippen LogP contribution in [0.4, 0.5) is 4.79 Å². The summed E-state index contributed by atoms with van der Waals surface area (Å²) in [6, 6.07) is 3.96. The Morgan fingerprint density at radius 3 is 2.59 bits per heavy atom. The van der Waals surface area contributed by atoms with Crippen molar-refractivity contribution in [2.45, 2.75) is 58.5 Å². The van der Waals surface area contributed by atoms with Crippen molar-refractivity contribution in [3.8, 4) is 5.88 Å². The van der Waals surface area contributed by atoms with Gasteiger partial charge in [0, 0.05) is 52.5 Å². The van der Waals surface area contributed by atoms with Crippen LogP contribution in [0.3, 0.4) is 0 Å². The second kappa shape index (κ2) is 11.1. The number of likely N-dealkylation sites (N-methyl/N-ethyl adjacent to an activating group) is 2. The van der Waals surface area contributed by atoms with Gasteiger partial charge >= 0.3 is 6.03 Å². The Morgan fingerprint density at radius 2 is 1.94 bits per heavy atom. The van der Waals surface area contributed by atoms with E-state index in [-0.39, 0.29) is 12.1 Å². The van der Waals surface area contributed by atoms with Crippen LogP contribution in [-0.4, -0.2) is 72.1 Å². The molecule has 3 aliphatic rings. The highest BCUT2D eigenvalue weighted by Gasteiger charge is 2.28. The number of aromatic nitrogens is 1. The third kappa shape index (κ3) is 6.33. The number of allylic oxidation sites excluding steroid dienone is 3. The van der Waals surface area contributed by atoms with Crippen LogP contribution in [-0.2, 0) is 6.42 Å². The van der Waals surface area contributed by atoms with E-state index in [0.717, 1.165) is 61.5 Å². The average Bonchev–Trinajstić information content (AvgIpc) is 3.66. The third-order valence-corrected chi connectivity index (χ3v) is 7.84. The third-order valence-electron chi connectivity index (χ3n) is 7.51. The Kier molecular flexibility index (Phi) is 8.20. The number of piperidine rings is 1. The summed E-state index contributed by atoms with van der Waals surface area (Å²) in [4.78, 5) is 23.5. The van der Waals surface area contributed by atoms with Gasteiger partial charge in [-0.3, -0.25) is 4.90 Å². The minimum Gasteiger partial charge on any atom is -0.474 e. The minimum absolute atomic E-state index is 0.0593. The van der Waals surface area contributed by atoms with Crippen molar-refractivity contribution in [1.82, 2.24) is 19.7 Å². The van der Waals surface area contributed by atoms with E-state index >= 15 is 0 Å². The first-order valence-corrected chi connectivity index (χ1v) is 13.1. The van der Waals surface area contributed by atoms with Gasteiger partial charge in [-0.25, -0.2) is 9.78 Å². The minimum atomic E-state index is -0.0593. The van der Waals surface area contributed by atoms with Crippen molar-refractivity contribution >= 4 is 17.6 Å². The lowest BCUT2D eigenvalue weighted by Gasteiger charge is -2.32. The molecule has 1 saturated carbocycles. The zero-order valence-electron chi connectivity index (χ0n) is 21.1. The number of amides is 2. The summed E-state index contributed by atoms with van der Waals surface area (Å²) < 4.78 is 6.14. The molecule has 0 aromatic carbocycles. The number of hydrogen-bond acceptors (Lipinski definition) is 4. The van der Waals surface area contributed by atoms with Crippen molar-refractivity contribution in [2.24, 2.45) is 11.8 Å². The number of pyridine rings is 1. The topological polar surface area (TPSA) is 48.9 Å². The van der Waals surface area contributed by atoms with Crippen LogP contribution in [0.1, 0.15) is 51.5 Å². The Balaban J connectivity index is 1.23. The molecule has 2 amide bonds. The molecule has 186 valence electrons. The number of rotatable bonds is 8. The second-order valence-corrected chi connectivity index (χ2v) is 10.7. The zero-order chi connectivity index (χ0) is 24.2. The fourth-order valence-electron chi connectivity index (χ4n) is 4.82. The van der Waals surface area contributed by atoms with E-state index in [1.807, 2.05) is 25.4 Å². The number of hydrogen-bond donors (Lipinski definition) is 0. The summed E-state index contributed by atoms with van der Waals surface area (Å²) in [5.74, 6) is 2.04. The molecule has 0 radical (unpaired) electrons. The van der Waals surface area contributed by atoms with E-state index in [1.165, 1.54) is 19.4 Å². The van der Waals surface area contributed by atoms with Crippen LogP contribution < -0.4 is 4.74 Å². The molecule has 2 fully saturated rings. The molecule has 0 N–H and O–H groups in total. The van der Waals surface area contributed by atoms with Crippen molar-refractivity contribution in [3.05, 3.63) is 46.3 Å². The summed E-state index contributed by atoms with van der Waals surface area (Å²) in [5, 5.41) is 0.660. The van der Waals surface area contributed by atoms with Gasteiger partial charge in [-0.15, -0.1) is 0 Å². The van der Waals surface area contributed by atoms with Crippen molar-refractivity contribution in [1.29, 1.82) is 0 Å². The summed E-state index contributed by atoms with van der Waals surface area (Å²) in [5.41, 5.74) is 3.08. The Labute approximate surface area is 209 Å². The molecule has 4 rings (SSSR count). The van der Waals surface area contributed by atoms with Gasteiger partial charge in [-0.05, 0) is 68.4 Å². The largest absolute Gasteiger partial charge is 0.474 e. The van der Waals surface area contributed by atoms with Gasteiger partial charge < -0.3 is 14.5 Å². The van der Waals surface area contributed by atoms with Gasteiger partial charge in [0.2, 0.25) is 5.88 Å². The lowest BCUT2D eigenvalue weighted by molar-refractivity contribution is 0.0944. The van der Waals surface area contributed by atoms with Crippen LogP contribution in [0.5, 0.6) is 5.88 Å². The maximum Gasteiger partial charge on any atom is 0.324 e. The predicted octanol–water partition coefficient (Wildman–Crippen LogP) is 5.30. The fourth-order valence-corrected chi connectivity index (χ4v) is 5.18. The summed E-state index contributed by atoms with van der Waals surface area (Å²) in [7, 11) is 3.63. The molecular weight excluding hydrogens is 448 g/mol. The van der Waals surface area contributed by atoms with Crippen molar-refractivity contribution in [3.63, 3.8) is 0 Å². The first-order valence-electron chi connectivity index (χ1n) is 12.7. The summed E-state index contributed by atoms with van der Waals surface area (Å²) >= 11 is 6.44. The number of halogens is 1. The molecule has 1 unspecified atom stereocenters. The molecule has 1 aromatic heterocycles. The summed E-state index contributed by atoms with van der Waals surface area (Å²) in [6.07, 6.45) is 10.8. The van der Waals surface area contributed by atoms with Crippen LogP contribution in [0.2, 0.25) is 0 Å². The number of ether oxygens (including phenoxy) is 1. The molecular formula is C27H39ClN4O2. The molecule has 1 aliphatic heterocycles. The zero-order valence-corrected chi connectivity index (χ0v) is 21.9. The van der Waals surface area contributed by atoms with E-state index in [0.29, 0.717) is 23.4 Å². The monoisotopic (exact) mass is 486 g/mol. The molecule has 2 aliphatic carbocycles. The molecule has 34 heavy (non-hydrogen) atoms. The lowest BCUT2D eigenvalue weighted by Crippen LogP contribution is -2.40. The maximum atomic E-state index is 13.0. The quantitative estimate of drug-likeness (QED) is 0.500. The molecule has 2 heterocycles. The van der Waals surface area contributed by atoms with Gasteiger partial charge in [0.05, 0.1) is 10.7 Å². The van der Waals surface area contributed by atoms with E-state index in [9.17, 15) is 4.79 Å². The smallest absolute Gasteiger partial charge is 0.324 e. The van der Waals surface area contributed by atoms with Crippen LogP contribution in [0, 0.1) is 11.8 Å². The van der Waals surface area contributed by atoms with Gasteiger partial charge in [-0.2, -0.15) is 0 Å². The Hall–Kier alpha value is -2.05. The standard InChI is InChI=1S/C27H39ClN4O2/c1-19-5-9-24(28)26(20(19)2)31(4)27(33)30(3)14-11-21-8-10-25(29-17-21)34-23-12-15-32(16-13-23)18-22-6-7-22/h8-10,17,19,22-23H,5-7,11-16,18H2,1-4H3. The second-order valence-electron chi connectivity index (χ2n) is 10.3. The van der Waals surface area contributed by atoms with Gasteiger partial charge in [0.15, 0.2) is 0 Å². The van der Waals surface area contributed by atoms with Crippen LogP contribution >= 0.6 is 11.6 Å². The van der Waals surface area contributed by atoms with Gasteiger partial charge in [0.1, 0.15) is 6.10 Å². The number of urea groups is 1. The molecule has 0 spiro atoms. The van der Waals surface area contributed by atoms with Crippen LogP contribution in [0.25, 0.3) is 0 Å². The SMILES string of the molecule is CC1=C(N(C)C(=O)N(C)CCc2ccc(OC3CCN(CC4CC4)CC3)nc2)C(Cl)=CCC1C. The number of likely N-dealkylation sites (tertiary alicyclic amines) is 1. The van der Waals surface area contributed by atoms with E-state index in [4.69, 9.17) is 16.3 Å². The Morgan fingerprint density at radius 1 is 1.21 bits per heavy atom. The predicted molar refractivity (Wildman–Crippen MR) is 137 cm³/mol. The molecule has 1 atom stereocenters. The normalized spacial score (nSPS) is 21.9. The van der Waals surface area contributed by atoms with E-state index in [2.05, 4.69) is 29.8 Å². The highest BCUT2D eigenvalue weighted by molar-refractivity contribution is 6.32. The number of carbonyl (C=O) groups is 1. The number of nitrogens with zero attached hydrogens (tertiary/aromatic N) is 4. The fraction of sp³-hybridized carbons (Fsp3) is 0.630. The lowest BCUT2D eigenvalue weighted by atomic mass is 9.92. The van der Waals surface area contributed by atoms with Gasteiger partial charge in [-0.1, -0.05) is 30.7 Å². The van der Waals surface area contributed by atoms with Crippen molar-refractivity contribution < 1.29 is 9.53 Å². The van der Waals surface area contributed by atoms with Crippen molar-refractivity contribution in [2.75, 3.05) is 40.3 Å². The first kappa shape index (κ1) is 25.1. The van der Waals surface area contributed by atoms with E-state index < -0.39 is 0 Å². The molecule has 6 nitrogen and oxygen atoms in total. The average molecular weight is 487 g/mol.